The summed E-state index contributed by atoms with van der Waals surface area (Å²) in [5.41, 5.74) is 0.924. The van der Waals surface area contributed by atoms with Gasteiger partial charge in [0.15, 0.2) is 0 Å². The summed E-state index contributed by atoms with van der Waals surface area (Å²) >= 11 is 10.6. The molecule has 1 heterocycles. The third kappa shape index (κ3) is 4.97. The van der Waals surface area contributed by atoms with Crippen molar-refractivity contribution in [2.24, 2.45) is 0 Å². The first-order valence-electron chi connectivity index (χ1n) is 4.92. The Morgan fingerprint density at radius 2 is 2.29 bits per heavy atom. The molecule has 0 saturated carbocycles. The zero-order valence-corrected chi connectivity index (χ0v) is 11.0. The molecule has 0 radical (unpaired) electrons. The van der Waals surface area contributed by atoms with Gasteiger partial charge in [-0.05, 0) is 43.8 Å². The highest BCUT2D eigenvalue weighted by Gasteiger charge is 2.07. The lowest BCUT2D eigenvalue weighted by atomic mass is 10.3. The van der Waals surface area contributed by atoms with Crippen LogP contribution in [0.15, 0.2) is 12.1 Å². The van der Waals surface area contributed by atoms with Crippen LogP contribution in [0.4, 0.5) is 10.6 Å². The molecule has 7 heteroatoms. The Bertz CT molecular complexity index is 419. The van der Waals surface area contributed by atoms with Crippen LogP contribution in [0.25, 0.3) is 0 Å². The molecule has 0 atom stereocenters. The van der Waals surface area contributed by atoms with E-state index in [1.54, 1.807) is 19.1 Å². The lowest BCUT2D eigenvalue weighted by molar-refractivity contribution is 0.199. The maximum Gasteiger partial charge on any atom is 0.414 e. The van der Waals surface area contributed by atoms with Crippen LogP contribution in [0.5, 0.6) is 0 Å². The van der Waals surface area contributed by atoms with Crippen LogP contribution in [0.3, 0.4) is 0 Å². The molecular weight excluding hydrogens is 262 g/mol. The third-order valence-electron chi connectivity index (χ3n) is 1.68. The second-order valence-electron chi connectivity index (χ2n) is 3.18. The number of nitrogens with one attached hydrogen (secondary N) is 2. The summed E-state index contributed by atoms with van der Waals surface area (Å²) in [6.45, 7) is 4.11. The molecule has 1 rings (SSSR count). The Balaban J connectivity index is 2.59. The van der Waals surface area contributed by atoms with Gasteiger partial charge in [-0.3, -0.25) is 0 Å². The van der Waals surface area contributed by atoms with Gasteiger partial charge in [-0.2, -0.15) is 0 Å². The molecule has 0 unspecified atom stereocenters. The molecule has 0 aliphatic heterocycles. The number of rotatable bonds is 2. The van der Waals surface area contributed by atoms with Crippen molar-refractivity contribution in [3.8, 4) is 0 Å². The number of halogens is 1. The number of hydrogen-bond acceptors (Lipinski definition) is 4. The number of carbonyl (C=O) groups excluding carboxylic acids is 1. The molecule has 2 N–H and O–H groups in total. The minimum Gasteiger partial charge on any atom is -0.382 e. The van der Waals surface area contributed by atoms with Crippen molar-refractivity contribution in [2.45, 2.75) is 13.8 Å². The maximum absolute atomic E-state index is 11.1. The second kappa shape index (κ2) is 6.36. The predicted octanol–water partition coefficient (Wildman–Crippen LogP) is 2.49. The highest BCUT2D eigenvalue weighted by Crippen LogP contribution is 2.13. The number of hydrogen-bond donors (Lipinski definition) is 2. The van der Waals surface area contributed by atoms with Gasteiger partial charge in [0.05, 0.1) is 0 Å². The van der Waals surface area contributed by atoms with Gasteiger partial charge >= 0.3 is 6.09 Å². The van der Waals surface area contributed by atoms with Gasteiger partial charge in [-0.1, -0.05) is 11.6 Å². The molecule has 92 valence electrons. The van der Waals surface area contributed by atoms with Gasteiger partial charge in [-0.15, -0.1) is 0 Å². The van der Waals surface area contributed by atoms with E-state index in [-0.39, 0.29) is 5.17 Å². The standard InChI is InChI=1S/C10H12ClN3O2S/c1-3-12-9(15)16-10(17)14-8-5-6(2)4-7(11)13-8/h4-5H,3H2,1-2H3,(H,12,15)(H,13,14,17). The number of pyridine rings is 1. The van der Waals surface area contributed by atoms with Crippen molar-refractivity contribution in [1.29, 1.82) is 0 Å². The summed E-state index contributed by atoms with van der Waals surface area (Å²) in [6, 6.07) is 3.44. The number of amides is 1. The molecule has 5 nitrogen and oxygen atoms in total. The van der Waals surface area contributed by atoms with Crippen LogP contribution in [-0.2, 0) is 4.74 Å². The Hall–Kier alpha value is -1.40. The van der Waals surface area contributed by atoms with Crippen LogP contribution in [0.1, 0.15) is 12.5 Å². The third-order valence-corrected chi connectivity index (χ3v) is 2.05. The number of nitrogens with zero attached hydrogens (tertiary/aromatic N) is 1. The van der Waals surface area contributed by atoms with Crippen LogP contribution < -0.4 is 10.6 Å². The SMILES string of the molecule is CCNC(=O)OC(=S)Nc1cc(C)cc(Cl)n1. The van der Waals surface area contributed by atoms with Gasteiger partial charge < -0.3 is 15.4 Å². The predicted molar refractivity (Wildman–Crippen MR) is 70.4 cm³/mol. The molecule has 1 aromatic heterocycles. The van der Waals surface area contributed by atoms with E-state index in [0.717, 1.165) is 5.56 Å². The summed E-state index contributed by atoms with van der Waals surface area (Å²) in [5, 5.41) is 5.38. The number of alkyl carbamates (subject to hydrolysis) is 1. The molecule has 0 aromatic carbocycles. The van der Waals surface area contributed by atoms with E-state index >= 15 is 0 Å². The monoisotopic (exact) mass is 273 g/mol. The first-order chi connectivity index (χ1) is 8.01. The van der Waals surface area contributed by atoms with E-state index in [9.17, 15) is 4.79 Å². The minimum atomic E-state index is -0.608. The molecule has 17 heavy (non-hydrogen) atoms. The summed E-state index contributed by atoms with van der Waals surface area (Å²) in [6.07, 6.45) is -0.608. The van der Waals surface area contributed by atoms with Gasteiger partial charge in [0.1, 0.15) is 11.0 Å². The first-order valence-corrected chi connectivity index (χ1v) is 5.70. The topological polar surface area (TPSA) is 63.2 Å². The van der Waals surface area contributed by atoms with Crippen LogP contribution in [-0.4, -0.2) is 22.8 Å². The molecule has 0 saturated heterocycles. The highest BCUT2D eigenvalue weighted by atomic mass is 35.5. The average molecular weight is 274 g/mol. The maximum atomic E-state index is 11.1. The highest BCUT2D eigenvalue weighted by molar-refractivity contribution is 7.80. The Labute approximate surface area is 110 Å². The molecule has 1 amide bonds. The molecule has 0 fully saturated rings. The van der Waals surface area contributed by atoms with E-state index in [2.05, 4.69) is 15.6 Å². The van der Waals surface area contributed by atoms with E-state index in [1.807, 2.05) is 6.92 Å². The number of aromatic nitrogens is 1. The largest absolute Gasteiger partial charge is 0.414 e. The second-order valence-corrected chi connectivity index (χ2v) is 3.94. The fourth-order valence-electron chi connectivity index (χ4n) is 1.08. The lowest BCUT2D eigenvalue weighted by Crippen LogP contribution is -2.28. The molecule has 1 aromatic rings. The summed E-state index contributed by atoms with van der Waals surface area (Å²) in [7, 11) is 0. The van der Waals surface area contributed by atoms with Crippen molar-refractivity contribution in [3.63, 3.8) is 0 Å². The smallest absolute Gasteiger partial charge is 0.382 e. The van der Waals surface area contributed by atoms with Crippen LogP contribution >= 0.6 is 23.8 Å². The van der Waals surface area contributed by atoms with E-state index < -0.39 is 6.09 Å². The summed E-state index contributed by atoms with van der Waals surface area (Å²) < 4.78 is 4.76. The molecule has 0 bridgehead atoms. The van der Waals surface area contributed by atoms with Gasteiger partial charge in [-0.25, -0.2) is 9.78 Å². The zero-order chi connectivity index (χ0) is 12.8. The number of anilines is 1. The van der Waals surface area contributed by atoms with Crippen molar-refractivity contribution in [3.05, 3.63) is 22.8 Å². The summed E-state index contributed by atoms with van der Waals surface area (Å²) in [5.74, 6) is 0.435. The van der Waals surface area contributed by atoms with Crippen LogP contribution in [0, 0.1) is 6.92 Å². The molecule has 0 aliphatic carbocycles. The van der Waals surface area contributed by atoms with Gasteiger partial charge in [0.25, 0.3) is 5.17 Å². The number of carbonyl (C=O) groups is 1. The summed E-state index contributed by atoms with van der Waals surface area (Å²) in [4.78, 5) is 15.1. The number of ether oxygens (including phenoxy) is 1. The molecular formula is C10H12ClN3O2S. The number of aryl methyl sites for hydroxylation is 1. The zero-order valence-electron chi connectivity index (χ0n) is 9.41. The van der Waals surface area contributed by atoms with Crippen molar-refractivity contribution < 1.29 is 9.53 Å². The Morgan fingerprint density at radius 1 is 1.59 bits per heavy atom. The quantitative estimate of drug-likeness (QED) is 0.640. The minimum absolute atomic E-state index is 0.0786. The Kier molecular flexibility index (Phi) is 5.11. The van der Waals surface area contributed by atoms with E-state index in [1.165, 1.54) is 0 Å². The average Bonchev–Trinajstić information content (AvgIpc) is 2.14. The van der Waals surface area contributed by atoms with Crippen LogP contribution in [0.2, 0.25) is 5.15 Å². The fraction of sp³-hybridized carbons (Fsp3) is 0.300. The van der Waals surface area contributed by atoms with E-state index in [0.29, 0.717) is 17.5 Å². The molecule has 0 aliphatic rings. The Morgan fingerprint density at radius 3 is 2.88 bits per heavy atom. The van der Waals surface area contributed by atoms with Gasteiger partial charge in [0.2, 0.25) is 0 Å². The van der Waals surface area contributed by atoms with Gasteiger partial charge in [0, 0.05) is 6.54 Å². The van der Waals surface area contributed by atoms with E-state index in [4.69, 9.17) is 28.6 Å². The lowest BCUT2D eigenvalue weighted by Gasteiger charge is -2.08. The molecule has 0 spiro atoms. The van der Waals surface area contributed by atoms with Crippen molar-refractivity contribution in [1.82, 2.24) is 10.3 Å². The van der Waals surface area contributed by atoms with Crippen molar-refractivity contribution in [2.75, 3.05) is 11.9 Å². The normalized spacial score (nSPS) is 9.59. The van der Waals surface area contributed by atoms with Crippen molar-refractivity contribution >= 4 is 40.9 Å². The first kappa shape index (κ1) is 13.7. The fourth-order valence-corrected chi connectivity index (χ4v) is 1.53. The number of thiocarbonyl (C=S) groups is 1.